The number of rotatable bonds is 6. The van der Waals surface area contributed by atoms with Crippen molar-refractivity contribution in [2.24, 2.45) is 11.8 Å². The second kappa shape index (κ2) is 7.64. The molecule has 1 aliphatic heterocycles. The third-order valence-corrected chi connectivity index (χ3v) is 4.67. The average Bonchev–Trinajstić information content (AvgIpc) is 2.91. The summed E-state index contributed by atoms with van der Waals surface area (Å²) in [6.45, 7) is 6.29. The number of carboxylic acid groups (broad SMARTS) is 1. The number of aliphatic carboxylic acids is 1. The Morgan fingerprint density at radius 3 is 2.52 bits per heavy atom. The molecule has 1 N–H and O–H groups in total. The predicted molar refractivity (Wildman–Crippen MR) is 87.9 cm³/mol. The molecule has 1 fully saturated rings. The van der Waals surface area contributed by atoms with Crippen LogP contribution in [-0.4, -0.2) is 48.4 Å². The van der Waals surface area contributed by atoms with Gasteiger partial charge in [0.05, 0.1) is 11.8 Å². The van der Waals surface area contributed by atoms with Crippen molar-refractivity contribution in [3.8, 4) is 5.75 Å². The van der Waals surface area contributed by atoms with Crippen molar-refractivity contribution in [3.05, 3.63) is 29.3 Å². The Hall–Kier alpha value is -1.76. The first kappa shape index (κ1) is 19.6. The van der Waals surface area contributed by atoms with Crippen molar-refractivity contribution in [2.75, 3.05) is 26.2 Å². The predicted octanol–water partition coefficient (Wildman–Crippen LogP) is 3.69. The highest BCUT2D eigenvalue weighted by molar-refractivity contribution is 5.71. The number of carboxylic acids is 1. The van der Waals surface area contributed by atoms with Gasteiger partial charge in [0.15, 0.2) is 0 Å². The molecular formula is C18H24F3NO3. The largest absolute Gasteiger partial charge is 0.492 e. The summed E-state index contributed by atoms with van der Waals surface area (Å²) in [4.78, 5) is 12.6. The number of alkyl halides is 3. The average molecular weight is 359 g/mol. The van der Waals surface area contributed by atoms with Crippen LogP contribution in [0, 0.1) is 18.8 Å². The molecule has 0 amide bonds. The van der Waals surface area contributed by atoms with Gasteiger partial charge in [0.1, 0.15) is 12.4 Å². The lowest BCUT2D eigenvalue weighted by Gasteiger charge is -2.18. The number of hydrogen-bond acceptors (Lipinski definition) is 3. The number of halogens is 3. The highest BCUT2D eigenvalue weighted by atomic mass is 19.4. The van der Waals surface area contributed by atoms with Gasteiger partial charge in [0.25, 0.3) is 0 Å². The normalized spacial score (nSPS) is 21.7. The standard InChI is InChI=1S/C18H24F3NO3/c1-11(2)14-5-4-13(8-12(14)3)25-7-6-22-9-15(17(23)24)16(10-22)18(19,20)21/h4-5,8,11,15-16H,6-7,9-10H2,1-3H3,(H,23,24)/t15-,16-/m1/s1. The summed E-state index contributed by atoms with van der Waals surface area (Å²) in [5, 5.41) is 9.01. The molecule has 7 heteroatoms. The van der Waals surface area contributed by atoms with Gasteiger partial charge >= 0.3 is 12.1 Å². The zero-order valence-corrected chi connectivity index (χ0v) is 14.6. The van der Waals surface area contributed by atoms with Crippen LogP contribution in [0.5, 0.6) is 5.75 Å². The molecule has 2 rings (SSSR count). The Morgan fingerprint density at radius 2 is 2.04 bits per heavy atom. The van der Waals surface area contributed by atoms with Crippen LogP contribution in [0.4, 0.5) is 13.2 Å². The molecular weight excluding hydrogens is 335 g/mol. The minimum Gasteiger partial charge on any atom is -0.492 e. The van der Waals surface area contributed by atoms with E-state index in [0.717, 1.165) is 5.56 Å². The van der Waals surface area contributed by atoms with E-state index in [4.69, 9.17) is 9.84 Å². The fourth-order valence-electron chi connectivity index (χ4n) is 3.33. The topological polar surface area (TPSA) is 49.8 Å². The van der Waals surface area contributed by atoms with Gasteiger partial charge in [-0.3, -0.25) is 9.69 Å². The second-order valence-electron chi connectivity index (χ2n) is 6.87. The Kier molecular flexibility index (Phi) is 5.98. The van der Waals surface area contributed by atoms with Crippen molar-refractivity contribution in [1.29, 1.82) is 0 Å². The first-order valence-electron chi connectivity index (χ1n) is 8.34. The third-order valence-electron chi connectivity index (χ3n) is 4.67. The Bertz CT molecular complexity index is 616. The SMILES string of the molecule is Cc1cc(OCCN2C[C@@H](C(F)(F)F)[C@H](C(=O)O)C2)ccc1C(C)C. The maximum Gasteiger partial charge on any atom is 0.393 e. The summed E-state index contributed by atoms with van der Waals surface area (Å²) >= 11 is 0. The first-order chi connectivity index (χ1) is 11.6. The third kappa shape index (κ3) is 4.87. The molecule has 0 bridgehead atoms. The Labute approximate surface area is 145 Å². The molecule has 2 atom stereocenters. The van der Waals surface area contributed by atoms with Gasteiger partial charge in [0, 0.05) is 19.6 Å². The number of likely N-dealkylation sites (tertiary alicyclic amines) is 1. The van der Waals surface area contributed by atoms with Crippen molar-refractivity contribution in [2.45, 2.75) is 32.9 Å². The molecule has 0 radical (unpaired) electrons. The summed E-state index contributed by atoms with van der Waals surface area (Å²) in [6.07, 6.45) is -4.50. The van der Waals surface area contributed by atoms with E-state index in [1.54, 1.807) is 0 Å². The van der Waals surface area contributed by atoms with E-state index >= 15 is 0 Å². The van der Waals surface area contributed by atoms with E-state index in [1.165, 1.54) is 10.5 Å². The maximum absolute atomic E-state index is 13.0. The van der Waals surface area contributed by atoms with Gasteiger partial charge in [-0.05, 0) is 36.1 Å². The number of benzene rings is 1. The van der Waals surface area contributed by atoms with Crippen LogP contribution >= 0.6 is 0 Å². The molecule has 0 unspecified atom stereocenters. The Morgan fingerprint density at radius 1 is 1.36 bits per heavy atom. The summed E-state index contributed by atoms with van der Waals surface area (Å²) < 4.78 is 44.5. The summed E-state index contributed by atoms with van der Waals surface area (Å²) in [7, 11) is 0. The quantitative estimate of drug-likeness (QED) is 0.842. The summed E-state index contributed by atoms with van der Waals surface area (Å²) in [5.74, 6) is -3.55. The van der Waals surface area contributed by atoms with Crippen LogP contribution in [0.25, 0.3) is 0 Å². The van der Waals surface area contributed by atoms with E-state index in [1.807, 2.05) is 25.1 Å². The van der Waals surface area contributed by atoms with Crippen molar-refractivity contribution >= 4 is 5.97 Å². The van der Waals surface area contributed by atoms with Gasteiger partial charge in [-0.25, -0.2) is 0 Å². The van der Waals surface area contributed by atoms with Crippen LogP contribution in [0.15, 0.2) is 18.2 Å². The molecule has 0 spiro atoms. The lowest BCUT2D eigenvalue weighted by atomic mass is 9.96. The van der Waals surface area contributed by atoms with Crippen molar-refractivity contribution in [1.82, 2.24) is 4.90 Å². The van der Waals surface area contributed by atoms with Crippen LogP contribution in [0.2, 0.25) is 0 Å². The van der Waals surface area contributed by atoms with Gasteiger partial charge in [0.2, 0.25) is 0 Å². The van der Waals surface area contributed by atoms with E-state index in [0.29, 0.717) is 11.7 Å². The molecule has 0 saturated carbocycles. The molecule has 25 heavy (non-hydrogen) atoms. The molecule has 0 aliphatic carbocycles. The number of carbonyl (C=O) groups is 1. The van der Waals surface area contributed by atoms with E-state index in [9.17, 15) is 18.0 Å². The zero-order chi connectivity index (χ0) is 18.8. The van der Waals surface area contributed by atoms with Crippen LogP contribution in [0.3, 0.4) is 0 Å². The molecule has 1 aliphatic rings. The molecule has 4 nitrogen and oxygen atoms in total. The second-order valence-corrected chi connectivity index (χ2v) is 6.87. The fraction of sp³-hybridized carbons (Fsp3) is 0.611. The van der Waals surface area contributed by atoms with Crippen molar-refractivity contribution < 1.29 is 27.8 Å². The number of nitrogens with zero attached hydrogens (tertiary/aromatic N) is 1. The van der Waals surface area contributed by atoms with E-state index in [2.05, 4.69) is 13.8 Å². The van der Waals surface area contributed by atoms with Crippen LogP contribution < -0.4 is 4.74 Å². The number of hydrogen-bond donors (Lipinski definition) is 1. The molecule has 140 valence electrons. The lowest BCUT2D eigenvalue weighted by molar-refractivity contribution is -0.188. The van der Waals surface area contributed by atoms with Gasteiger partial charge in [-0.15, -0.1) is 0 Å². The number of ether oxygens (including phenoxy) is 1. The monoisotopic (exact) mass is 359 g/mol. The van der Waals surface area contributed by atoms with Crippen LogP contribution in [-0.2, 0) is 4.79 Å². The van der Waals surface area contributed by atoms with Gasteiger partial charge < -0.3 is 9.84 Å². The summed E-state index contributed by atoms with van der Waals surface area (Å²) in [5.41, 5.74) is 2.33. The minimum absolute atomic E-state index is 0.103. The van der Waals surface area contributed by atoms with E-state index in [-0.39, 0.29) is 26.2 Å². The van der Waals surface area contributed by atoms with Gasteiger partial charge in [-0.2, -0.15) is 13.2 Å². The Balaban J connectivity index is 1.90. The van der Waals surface area contributed by atoms with Gasteiger partial charge in [-0.1, -0.05) is 19.9 Å². The molecule has 1 heterocycles. The summed E-state index contributed by atoms with van der Waals surface area (Å²) in [6, 6.07) is 5.76. The molecule has 1 saturated heterocycles. The first-order valence-corrected chi connectivity index (χ1v) is 8.34. The molecule has 1 aromatic carbocycles. The number of aryl methyl sites for hydroxylation is 1. The highest BCUT2D eigenvalue weighted by Crippen LogP contribution is 2.37. The minimum atomic E-state index is -4.50. The van der Waals surface area contributed by atoms with Crippen molar-refractivity contribution in [3.63, 3.8) is 0 Å². The smallest absolute Gasteiger partial charge is 0.393 e. The molecule has 0 aromatic heterocycles. The fourth-order valence-corrected chi connectivity index (χ4v) is 3.33. The molecule has 1 aromatic rings. The van der Waals surface area contributed by atoms with Crippen LogP contribution in [0.1, 0.15) is 30.9 Å². The highest BCUT2D eigenvalue weighted by Gasteiger charge is 2.52. The lowest BCUT2D eigenvalue weighted by Crippen LogP contribution is -2.33. The zero-order valence-electron chi connectivity index (χ0n) is 14.6. The maximum atomic E-state index is 13.0. The van der Waals surface area contributed by atoms with E-state index < -0.39 is 24.0 Å².